The van der Waals surface area contributed by atoms with Crippen LogP contribution in [0.5, 0.6) is 5.75 Å². The highest BCUT2D eigenvalue weighted by Crippen LogP contribution is 2.35. The van der Waals surface area contributed by atoms with Gasteiger partial charge in [0.15, 0.2) is 0 Å². The lowest BCUT2D eigenvalue weighted by Crippen LogP contribution is -2.47. The molecule has 1 aromatic rings. The molecule has 0 atom stereocenters. The van der Waals surface area contributed by atoms with Gasteiger partial charge in [0.2, 0.25) is 0 Å². The number of carbonyl (C=O) groups excluding carboxylic acids is 1. The summed E-state index contributed by atoms with van der Waals surface area (Å²) in [5.41, 5.74) is 0.408. The first kappa shape index (κ1) is 18.3. The van der Waals surface area contributed by atoms with Crippen molar-refractivity contribution in [1.29, 1.82) is 0 Å². The molecule has 4 nitrogen and oxygen atoms in total. The van der Waals surface area contributed by atoms with E-state index in [2.05, 4.69) is 63.3 Å². The fourth-order valence-electron chi connectivity index (χ4n) is 2.48. The Morgan fingerprint density at radius 2 is 1.62 bits per heavy atom. The Balaban J connectivity index is 2.74. The molecule has 0 spiro atoms. The zero-order chi connectivity index (χ0) is 16.4. The van der Waals surface area contributed by atoms with E-state index in [-0.39, 0.29) is 22.7 Å². The predicted molar refractivity (Wildman–Crippen MR) is 93.8 cm³/mol. The number of nitrogens with one attached hydrogen (secondary N) is 2. The Labute approximate surface area is 143 Å². The molecule has 3 N–H and O–H groups in total. The second-order valence-electron chi connectivity index (χ2n) is 6.99. The van der Waals surface area contributed by atoms with E-state index in [9.17, 15) is 9.90 Å². The van der Waals surface area contributed by atoms with Gasteiger partial charge >= 0.3 is 6.03 Å². The molecular weight excluding hydrogens is 400 g/mol. The number of hydrogen-bond acceptors (Lipinski definition) is 2. The number of benzene rings is 1. The number of urea groups is 1. The van der Waals surface area contributed by atoms with Gasteiger partial charge in [-0.05, 0) is 69.7 Å². The first-order valence-electron chi connectivity index (χ1n) is 6.67. The minimum absolute atomic E-state index is 0.106. The molecular formula is C15H22Br2N2O2. The topological polar surface area (TPSA) is 61.4 Å². The van der Waals surface area contributed by atoms with Crippen molar-refractivity contribution in [1.82, 2.24) is 5.32 Å². The minimum Gasteiger partial charge on any atom is -0.506 e. The third kappa shape index (κ3) is 6.26. The van der Waals surface area contributed by atoms with Gasteiger partial charge in [0.1, 0.15) is 5.75 Å². The second-order valence-corrected chi connectivity index (χ2v) is 8.70. The molecule has 21 heavy (non-hydrogen) atoms. The molecule has 0 saturated heterocycles. The van der Waals surface area contributed by atoms with Crippen LogP contribution in [0.3, 0.4) is 0 Å². The van der Waals surface area contributed by atoms with Crippen LogP contribution in [0.1, 0.15) is 41.0 Å². The highest BCUT2D eigenvalue weighted by molar-refractivity contribution is 9.11. The van der Waals surface area contributed by atoms with Crippen molar-refractivity contribution in [2.45, 2.75) is 46.6 Å². The molecule has 0 saturated carbocycles. The third-order valence-electron chi connectivity index (χ3n) is 2.70. The standard InChI is InChI=1S/C15H22Br2N2O2/c1-14(2,3)8-15(4,5)19-13(21)18-9-6-10(16)12(20)11(17)7-9/h6-7,20H,8H2,1-5H3,(H2,18,19,21). The number of hydrogen-bond donors (Lipinski definition) is 3. The molecule has 0 fully saturated rings. The molecule has 0 radical (unpaired) electrons. The van der Waals surface area contributed by atoms with Gasteiger partial charge in [-0.1, -0.05) is 20.8 Å². The van der Waals surface area contributed by atoms with Gasteiger partial charge < -0.3 is 15.7 Å². The molecule has 1 rings (SSSR count). The highest BCUT2D eigenvalue weighted by atomic mass is 79.9. The first-order chi connectivity index (χ1) is 9.39. The number of halogens is 2. The molecule has 0 aliphatic carbocycles. The summed E-state index contributed by atoms with van der Waals surface area (Å²) in [6.45, 7) is 10.4. The van der Waals surface area contributed by atoms with Gasteiger partial charge in [0, 0.05) is 11.2 Å². The lowest BCUT2D eigenvalue weighted by molar-refractivity contribution is 0.220. The van der Waals surface area contributed by atoms with Gasteiger partial charge in [-0.15, -0.1) is 0 Å². The van der Waals surface area contributed by atoms with Gasteiger partial charge in [-0.3, -0.25) is 0 Å². The van der Waals surface area contributed by atoms with Crippen molar-refractivity contribution in [3.63, 3.8) is 0 Å². The third-order valence-corrected chi connectivity index (χ3v) is 3.91. The van der Waals surface area contributed by atoms with E-state index in [4.69, 9.17) is 0 Å². The van der Waals surface area contributed by atoms with E-state index in [0.717, 1.165) is 6.42 Å². The molecule has 1 aromatic carbocycles. The molecule has 6 heteroatoms. The summed E-state index contributed by atoms with van der Waals surface area (Å²) >= 11 is 6.47. The average molecular weight is 422 g/mol. The summed E-state index contributed by atoms with van der Waals surface area (Å²) in [5, 5.41) is 15.4. The van der Waals surface area contributed by atoms with Gasteiger partial charge in [-0.2, -0.15) is 0 Å². The minimum atomic E-state index is -0.312. The number of phenols is 1. The quantitative estimate of drug-likeness (QED) is 0.583. The van der Waals surface area contributed by atoms with Crippen LogP contribution >= 0.6 is 31.9 Å². The SMILES string of the molecule is CC(C)(C)CC(C)(C)NC(=O)Nc1cc(Br)c(O)c(Br)c1. The van der Waals surface area contributed by atoms with E-state index in [1.807, 2.05) is 13.8 Å². The smallest absolute Gasteiger partial charge is 0.319 e. The number of rotatable bonds is 3. The zero-order valence-electron chi connectivity index (χ0n) is 13.0. The fraction of sp³-hybridized carbons (Fsp3) is 0.533. The molecule has 2 amide bonds. The van der Waals surface area contributed by atoms with Crippen LogP contribution in [0.2, 0.25) is 0 Å². The van der Waals surface area contributed by atoms with Gasteiger partial charge in [0.05, 0.1) is 8.95 Å². The number of carbonyl (C=O) groups is 1. The summed E-state index contributed by atoms with van der Waals surface area (Å²) in [7, 11) is 0. The Morgan fingerprint density at radius 3 is 2.05 bits per heavy atom. The summed E-state index contributed by atoms with van der Waals surface area (Å²) in [5.74, 6) is 0.106. The lowest BCUT2D eigenvalue weighted by Gasteiger charge is -2.33. The normalized spacial score (nSPS) is 12.1. The van der Waals surface area contributed by atoms with Crippen LogP contribution in [0, 0.1) is 5.41 Å². The number of aromatic hydroxyl groups is 1. The molecule has 118 valence electrons. The van der Waals surface area contributed by atoms with Crippen LogP contribution in [0.25, 0.3) is 0 Å². The van der Waals surface area contributed by atoms with Crippen molar-refractivity contribution in [2.24, 2.45) is 5.41 Å². The maximum atomic E-state index is 12.1. The largest absolute Gasteiger partial charge is 0.506 e. The Hall–Kier alpha value is -0.750. The fourth-order valence-corrected chi connectivity index (χ4v) is 3.66. The Bertz CT molecular complexity index is 514. The first-order valence-corrected chi connectivity index (χ1v) is 8.25. The number of anilines is 1. The molecule has 0 aliphatic rings. The molecule has 0 bridgehead atoms. The summed E-state index contributed by atoms with van der Waals surface area (Å²) in [6.07, 6.45) is 0.858. The van der Waals surface area contributed by atoms with E-state index in [0.29, 0.717) is 14.6 Å². The predicted octanol–water partition coefficient (Wildman–Crippen LogP) is 5.25. The van der Waals surface area contributed by atoms with Crippen LogP contribution in [0.15, 0.2) is 21.1 Å². The van der Waals surface area contributed by atoms with Crippen LogP contribution < -0.4 is 10.6 Å². The number of phenolic OH excluding ortho intramolecular Hbond substituents is 1. The maximum Gasteiger partial charge on any atom is 0.319 e. The summed E-state index contributed by atoms with van der Waals surface area (Å²) < 4.78 is 1.03. The van der Waals surface area contributed by atoms with Crippen LogP contribution in [-0.2, 0) is 0 Å². The van der Waals surface area contributed by atoms with E-state index >= 15 is 0 Å². The highest BCUT2D eigenvalue weighted by Gasteiger charge is 2.27. The average Bonchev–Trinajstić information content (AvgIpc) is 2.20. The zero-order valence-corrected chi connectivity index (χ0v) is 16.1. The van der Waals surface area contributed by atoms with Crippen molar-refractivity contribution in [3.05, 3.63) is 21.1 Å². The van der Waals surface area contributed by atoms with Crippen molar-refractivity contribution in [2.75, 3.05) is 5.32 Å². The molecule has 0 heterocycles. The maximum absolute atomic E-state index is 12.1. The van der Waals surface area contributed by atoms with Crippen molar-refractivity contribution >= 4 is 43.6 Å². The molecule has 0 aromatic heterocycles. The van der Waals surface area contributed by atoms with E-state index in [1.54, 1.807) is 12.1 Å². The van der Waals surface area contributed by atoms with E-state index in [1.165, 1.54) is 0 Å². The Morgan fingerprint density at radius 1 is 1.14 bits per heavy atom. The molecule has 0 aliphatic heterocycles. The number of amides is 2. The monoisotopic (exact) mass is 420 g/mol. The van der Waals surface area contributed by atoms with Gasteiger partial charge in [0.25, 0.3) is 0 Å². The van der Waals surface area contributed by atoms with Gasteiger partial charge in [-0.25, -0.2) is 4.79 Å². The lowest BCUT2D eigenvalue weighted by atomic mass is 9.82. The summed E-state index contributed by atoms with van der Waals surface area (Å²) in [6, 6.07) is 3.03. The van der Waals surface area contributed by atoms with Crippen LogP contribution in [0.4, 0.5) is 10.5 Å². The van der Waals surface area contributed by atoms with Crippen molar-refractivity contribution < 1.29 is 9.90 Å². The Kier molecular flexibility index (Phi) is 5.72. The van der Waals surface area contributed by atoms with Crippen molar-refractivity contribution in [3.8, 4) is 5.75 Å². The molecule has 0 unspecified atom stereocenters. The van der Waals surface area contributed by atoms with E-state index < -0.39 is 0 Å². The van der Waals surface area contributed by atoms with Crippen LogP contribution in [-0.4, -0.2) is 16.7 Å². The summed E-state index contributed by atoms with van der Waals surface area (Å²) in [4.78, 5) is 12.1. The second kappa shape index (κ2) is 6.57.